The van der Waals surface area contributed by atoms with Crippen LogP contribution in [0.5, 0.6) is 5.88 Å². The Morgan fingerprint density at radius 1 is 0.892 bits per heavy atom. The van der Waals surface area contributed by atoms with Crippen LogP contribution in [0.4, 0.5) is 11.6 Å². The number of hydrogen-bond acceptors (Lipinski definition) is 9. The number of amides is 1. The molecule has 0 spiro atoms. The van der Waals surface area contributed by atoms with Crippen LogP contribution in [0.15, 0.2) is 55.1 Å². The predicted octanol–water partition coefficient (Wildman–Crippen LogP) is 2.10. The molecule has 2 aliphatic rings. The van der Waals surface area contributed by atoms with E-state index >= 15 is 0 Å². The molecular weight excluding hydrogens is 468 g/mol. The van der Waals surface area contributed by atoms with Crippen LogP contribution < -0.4 is 19.9 Å². The largest absolute Gasteiger partial charge is 0.476 e. The molecule has 4 heterocycles. The van der Waals surface area contributed by atoms with Crippen molar-refractivity contribution in [3.05, 3.63) is 55.1 Å². The highest BCUT2D eigenvalue weighted by Gasteiger charge is 2.25. The van der Waals surface area contributed by atoms with Crippen molar-refractivity contribution >= 4 is 17.5 Å². The molecule has 0 bridgehead atoms. The highest BCUT2D eigenvalue weighted by atomic mass is 16.5. The summed E-state index contributed by atoms with van der Waals surface area (Å²) >= 11 is 0. The first-order valence-electron chi connectivity index (χ1n) is 12.9. The molecule has 2 aliphatic heterocycles. The molecule has 5 rings (SSSR count). The highest BCUT2D eigenvalue weighted by molar-refractivity contribution is 5.79. The number of hydrogen-bond donors (Lipinski definition) is 1. The fraction of sp³-hybridized carbons (Fsp3) is 0.444. The molecule has 1 N–H and O–H groups in total. The zero-order valence-corrected chi connectivity index (χ0v) is 21.3. The topological polar surface area (TPSA) is 99.6 Å². The average Bonchev–Trinajstić information content (AvgIpc) is 2.96. The van der Waals surface area contributed by atoms with Crippen LogP contribution in [0.25, 0.3) is 11.3 Å². The van der Waals surface area contributed by atoms with Crippen LogP contribution in [0.2, 0.25) is 0 Å². The minimum absolute atomic E-state index is 0.00503. The average molecular weight is 503 g/mol. The molecule has 0 atom stereocenters. The fourth-order valence-corrected chi connectivity index (χ4v) is 4.75. The normalized spacial score (nSPS) is 17.0. The Hall–Kier alpha value is -3.79. The lowest BCUT2D eigenvalue weighted by atomic mass is 9.96. The summed E-state index contributed by atoms with van der Waals surface area (Å²) in [5.41, 5.74) is 1.98. The number of piperidine rings is 1. The van der Waals surface area contributed by atoms with Gasteiger partial charge in [0.05, 0.1) is 12.2 Å². The van der Waals surface area contributed by atoms with E-state index in [1.807, 2.05) is 42.5 Å². The molecule has 2 saturated heterocycles. The third kappa shape index (κ3) is 6.51. The highest BCUT2D eigenvalue weighted by Crippen LogP contribution is 2.25. The van der Waals surface area contributed by atoms with Gasteiger partial charge in [-0.3, -0.25) is 4.79 Å². The molecule has 1 aromatic carbocycles. The molecule has 2 aromatic heterocycles. The number of ether oxygens (including phenoxy) is 1. The van der Waals surface area contributed by atoms with Crippen LogP contribution in [-0.2, 0) is 4.79 Å². The molecule has 0 radical (unpaired) electrons. The number of rotatable bonds is 8. The van der Waals surface area contributed by atoms with Gasteiger partial charge in [0, 0.05) is 62.9 Å². The molecule has 0 aliphatic carbocycles. The van der Waals surface area contributed by atoms with E-state index in [4.69, 9.17) is 4.74 Å². The van der Waals surface area contributed by atoms with Gasteiger partial charge < -0.3 is 24.8 Å². The monoisotopic (exact) mass is 502 g/mol. The van der Waals surface area contributed by atoms with Crippen molar-refractivity contribution in [2.75, 3.05) is 69.3 Å². The number of likely N-dealkylation sites (N-methyl/N-ethyl adjacent to an activating group) is 1. The molecule has 10 nitrogen and oxygen atoms in total. The van der Waals surface area contributed by atoms with Crippen molar-refractivity contribution in [2.45, 2.75) is 12.8 Å². The van der Waals surface area contributed by atoms with Gasteiger partial charge in [-0.1, -0.05) is 30.3 Å². The maximum Gasteiger partial charge on any atom is 0.223 e. The lowest BCUT2D eigenvalue weighted by molar-refractivity contribution is -0.125. The van der Waals surface area contributed by atoms with E-state index in [0.29, 0.717) is 19.0 Å². The summed E-state index contributed by atoms with van der Waals surface area (Å²) in [5, 5.41) is 3.02. The van der Waals surface area contributed by atoms with Gasteiger partial charge in [0.2, 0.25) is 11.8 Å². The second-order valence-electron chi connectivity index (χ2n) is 9.53. The number of aromatic nitrogens is 4. The van der Waals surface area contributed by atoms with Crippen molar-refractivity contribution in [2.24, 2.45) is 5.92 Å². The second kappa shape index (κ2) is 12.0. The van der Waals surface area contributed by atoms with E-state index in [0.717, 1.165) is 75.0 Å². The van der Waals surface area contributed by atoms with Gasteiger partial charge in [0.25, 0.3) is 0 Å². The number of nitrogens with zero attached hydrogens (tertiary/aromatic N) is 7. The standard InChI is InChI=1S/C27H34N8O2/c1-33-12-14-35(15-13-33)25-18-26(32-20-31-25)37-16-9-28-27(36)22-7-10-34(11-8-22)24-17-23(29-19-30-24)21-5-3-2-4-6-21/h2-6,17-20,22H,7-16H2,1H3,(H,28,36). The minimum Gasteiger partial charge on any atom is -0.476 e. The molecular formula is C27H34N8O2. The van der Waals surface area contributed by atoms with Gasteiger partial charge in [-0.2, -0.15) is 0 Å². The van der Waals surface area contributed by atoms with Crippen molar-refractivity contribution < 1.29 is 9.53 Å². The third-order valence-corrected chi connectivity index (χ3v) is 7.02. The van der Waals surface area contributed by atoms with Crippen molar-refractivity contribution in [1.29, 1.82) is 0 Å². The first kappa shape index (κ1) is 24.9. The Bertz CT molecular complexity index is 1160. The predicted molar refractivity (Wildman–Crippen MR) is 143 cm³/mol. The zero-order chi connectivity index (χ0) is 25.5. The van der Waals surface area contributed by atoms with Gasteiger partial charge in [0.1, 0.15) is 30.9 Å². The Labute approximate surface area is 217 Å². The number of anilines is 2. The molecule has 194 valence electrons. The van der Waals surface area contributed by atoms with Crippen molar-refractivity contribution in [1.82, 2.24) is 30.2 Å². The van der Waals surface area contributed by atoms with Gasteiger partial charge >= 0.3 is 0 Å². The molecule has 3 aromatic rings. The van der Waals surface area contributed by atoms with E-state index in [1.165, 1.54) is 6.33 Å². The first-order chi connectivity index (χ1) is 18.2. The summed E-state index contributed by atoms with van der Waals surface area (Å²) in [7, 11) is 2.13. The Kier molecular flexibility index (Phi) is 8.05. The van der Waals surface area contributed by atoms with Gasteiger partial charge in [-0.05, 0) is 19.9 Å². The first-order valence-corrected chi connectivity index (χ1v) is 12.9. The van der Waals surface area contributed by atoms with Crippen LogP contribution >= 0.6 is 0 Å². The summed E-state index contributed by atoms with van der Waals surface area (Å²) < 4.78 is 5.79. The zero-order valence-electron chi connectivity index (χ0n) is 21.3. The van der Waals surface area contributed by atoms with Gasteiger partial charge in [0.15, 0.2) is 0 Å². The Morgan fingerprint density at radius 3 is 2.32 bits per heavy atom. The van der Waals surface area contributed by atoms with Gasteiger partial charge in [-0.25, -0.2) is 19.9 Å². The van der Waals surface area contributed by atoms with Crippen LogP contribution in [0.3, 0.4) is 0 Å². The number of benzene rings is 1. The lowest BCUT2D eigenvalue weighted by Crippen LogP contribution is -2.44. The molecule has 10 heteroatoms. The summed E-state index contributed by atoms with van der Waals surface area (Å²) in [6.07, 6.45) is 4.73. The van der Waals surface area contributed by atoms with Crippen molar-refractivity contribution in [3.63, 3.8) is 0 Å². The maximum absolute atomic E-state index is 12.7. The number of piperazine rings is 1. The van der Waals surface area contributed by atoms with E-state index in [2.05, 4.69) is 47.0 Å². The summed E-state index contributed by atoms with van der Waals surface area (Å²) in [6.45, 7) is 6.29. The quantitative estimate of drug-likeness (QED) is 0.464. The van der Waals surface area contributed by atoms with Crippen molar-refractivity contribution in [3.8, 4) is 17.1 Å². The fourth-order valence-electron chi connectivity index (χ4n) is 4.75. The number of carbonyl (C=O) groups excluding carboxylic acids is 1. The molecule has 37 heavy (non-hydrogen) atoms. The maximum atomic E-state index is 12.7. The molecule has 0 saturated carbocycles. The molecule has 2 fully saturated rings. The molecule has 1 amide bonds. The SMILES string of the molecule is CN1CCN(c2cc(OCCNC(=O)C3CCN(c4cc(-c5ccccc5)ncn4)CC3)ncn2)CC1. The number of nitrogens with one attached hydrogen (secondary N) is 1. The van der Waals surface area contributed by atoms with Gasteiger partial charge in [-0.15, -0.1) is 0 Å². The molecule has 0 unspecified atom stereocenters. The number of carbonyl (C=O) groups is 1. The smallest absolute Gasteiger partial charge is 0.223 e. The van der Waals surface area contributed by atoms with Crippen LogP contribution in [0, 0.1) is 5.92 Å². The third-order valence-electron chi connectivity index (χ3n) is 7.02. The lowest BCUT2D eigenvalue weighted by Gasteiger charge is -2.33. The van der Waals surface area contributed by atoms with E-state index in [9.17, 15) is 4.79 Å². The van der Waals surface area contributed by atoms with E-state index in [-0.39, 0.29) is 11.8 Å². The van der Waals surface area contributed by atoms with Crippen LogP contribution in [0.1, 0.15) is 12.8 Å². The summed E-state index contributed by atoms with van der Waals surface area (Å²) in [5.74, 6) is 2.40. The van der Waals surface area contributed by atoms with E-state index in [1.54, 1.807) is 6.33 Å². The minimum atomic E-state index is -0.00503. The van der Waals surface area contributed by atoms with E-state index < -0.39 is 0 Å². The Balaban J connectivity index is 1.05. The summed E-state index contributed by atoms with van der Waals surface area (Å²) in [6, 6.07) is 14.0. The second-order valence-corrected chi connectivity index (χ2v) is 9.53. The summed E-state index contributed by atoms with van der Waals surface area (Å²) in [4.78, 5) is 37.0. The Morgan fingerprint density at radius 2 is 1.57 bits per heavy atom. The van der Waals surface area contributed by atoms with Crippen LogP contribution in [-0.4, -0.2) is 90.2 Å².